The maximum Gasteiger partial charge on any atom is 0.337 e. The number of rotatable bonds is 6. The normalized spacial score (nSPS) is 13.4. The van der Waals surface area contributed by atoms with Crippen LogP contribution < -0.4 is 4.72 Å². The molecule has 6 nitrogen and oxygen atoms in total. The highest BCUT2D eigenvalue weighted by molar-refractivity contribution is 7.89. The Hall–Kier alpha value is -0.860. The minimum atomic E-state index is -4.12. The van der Waals surface area contributed by atoms with Crippen LogP contribution in [-0.2, 0) is 10.0 Å². The highest BCUT2D eigenvalue weighted by atomic mass is 35.5. The van der Waals surface area contributed by atoms with Crippen LogP contribution in [-0.4, -0.2) is 37.2 Å². The van der Waals surface area contributed by atoms with Gasteiger partial charge in [-0.25, -0.2) is 17.9 Å². The van der Waals surface area contributed by atoms with E-state index in [4.69, 9.17) is 28.3 Å². The van der Waals surface area contributed by atoms with Crippen molar-refractivity contribution in [1.82, 2.24) is 4.72 Å². The molecule has 1 rings (SSSR count). The Kier molecular flexibility index (Phi) is 6.01. The minimum absolute atomic E-state index is 0.0673. The number of aromatic carboxylic acids is 1. The third-order valence-corrected chi connectivity index (χ3v) is 5.08. The third kappa shape index (κ3) is 4.31. The van der Waals surface area contributed by atoms with Crippen molar-refractivity contribution < 1.29 is 23.4 Å². The van der Waals surface area contributed by atoms with Crippen LogP contribution in [0.1, 0.15) is 24.2 Å². The number of aliphatic hydroxyl groups is 1. The summed E-state index contributed by atoms with van der Waals surface area (Å²) in [5.74, 6) is -1.55. The molecule has 0 amide bonds. The lowest BCUT2D eigenvalue weighted by molar-refractivity contribution is 0.0697. The molecule has 9 heteroatoms. The summed E-state index contributed by atoms with van der Waals surface area (Å²) < 4.78 is 26.9. The predicted molar refractivity (Wildman–Crippen MR) is 79.5 cm³/mol. The molecule has 3 N–H and O–H groups in total. The summed E-state index contributed by atoms with van der Waals surface area (Å²) in [4.78, 5) is 10.6. The van der Waals surface area contributed by atoms with E-state index in [2.05, 4.69) is 4.72 Å². The summed E-state index contributed by atoms with van der Waals surface area (Å²) in [5, 5.41) is 17.7. The van der Waals surface area contributed by atoms with Crippen LogP contribution in [0.5, 0.6) is 0 Å². The minimum Gasteiger partial charge on any atom is -0.478 e. The summed E-state index contributed by atoms with van der Waals surface area (Å²) in [6.07, 6.45) is 0. The van der Waals surface area contributed by atoms with Gasteiger partial charge in [0.1, 0.15) is 4.90 Å². The monoisotopic (exact) mass is 355 g/mol. The van der Waals surface area contributed by atoms with Crippen LogP contribution in [0.2, 0.25) is 10.0 Å². The molecule has 0 spiro atoms. The number of aliphatic hydroxyl groups excluding tert-OH is 1. The van der Waals surface area contributed by atoms with Crippen molar-refractivity contribution in [2.75, 3.05) is 6.61 Å². The molecule has 0 aliphatic heterocycles. The van der Waals surface area contributed by atoms with Crippen LogP contribution in [0.3, 0.4) is 0 Å². The third-order valence-electron chi connectivity index (χ3n) is 2.83. The van der Waals surface area contributed by atoms with Crippen molar-refractivity contribution >= 4 is 39.2 Å². The van der Waals surface area contributed by atoms with E-state index in [9.17, 15) is 18.3 Å². The first-order chi connectivity index (χ1) is 9.60. The van der Waals surface area contributed by atoms with Crippen molar-refractivity contribution in [2.45, 2.75) is 24.8 Å². The van der Waals surface area contributed by atoms with Crippen molar-refractivity contribution in [3.05, 3.63) is 27.7 Å². The quantitative estimate of drug-likeness (QED) is 0.723. The largest absolute Gasteiger partial charge is 0.478 e. The lowest BCUT2D eigenvalue weighted by Crippen LogP contribution is -2.41. The van der Waals surface area contributed by atoms with E-state index in [0.29, 0.717) is 0 Å². The fourth-order valence-electron chi connectivity index (χ4n) is 1.56. The Morgan fingerprint density at radius 3 is 2.33 bits per heavy atom. The molecular formula is C12H15Cl2NO5S. The predicted octanol–water partition coefficient (Wildman–Crippen LogP) is 1.99. The van der Waals surface area contributed by atoms with Gasteiger partial charge in [0.05, 0.1) is 17.2 Å². The molecule has 1 aromatic carbocycles. The molecule has 0 aromatic heterocycles. The van der Waals surface area contributed by atoms with Gasteiger partial charge in [0.15, 0.2) is 0 Å². The van der Waals surface area contributed by atoms with Crippen molar-refractivity contribution in [3.8, 4) is 0 Å². The van der Waals surface area contributed by atoms with Gasteiger partial charge in [0.2, 0.25) is 10.0 Å². The van der Waals surface area contributed by atoms with Crippen molar-refractivity contribution in [2.24, 2.45) is 5.92 Å². The summed E-state index contributed by atoms with van der Waals surface area (Å²) in [5.41, 5.74) is -0.408. The topological polar surface area (TPSA) is 104 Å². The molecule has 1 unspecified atom stereocenters. The number of sulfonamides is 1. The summed E-state index contributed by atoms with van der Waals surface area (Å²) >= 11 is 11.6. The first kappa shape index (κ1) is 18.2. The Morgan fingerprint density at radius 1 is 1.33 bits per heavy atom. The van der Waals surface area contributed by atoms with Gasteiger partial charge < -0.3 is 10.2 Å². The molecule has 0 fully saturated rings. The Balaban J connectivity index is 3.35. The fourth-order valence-corrected chi connectivity index (χ4v) is 3.84. The van der Waals surface area contributed by atoms with Gasteiger partial charge in [-0.3, -0.25) is 0 Å². The fraction of sp³-hybridized carbons (Fsp3) is 0.417. The van der Waals surface area contributed by atoms with E-state index in [-0.39, 0.29) is 10.9 Å². The molecule has 0 radical (unpaired) electrons. The van der Waals surface area contributed by atoms with Crippen LogP contribution >= 0.6 is 23.2 Å². The molecule has 1 atom stereocenters. The Labute approximate surface area is 132 Å². The molecule has 0 saturated carbocycles. The second kappa shape index (κ2) is 6.93. The zero-order valence-electron chi connectivity index (χ0n) is 11.3. The van der Waals surface area contributed by atoms with Crippen LogP contribution in [0, 0.1) is 5.92 Å². The number of benzene rings is 1. The van der Waals surface area contributed by atoms with Gasteiger partial charge in [0, 0.05) is 11.1 Å². The van der Waals surface area contributed by atoms with Gasteiger partial charge in [-0.15, -0.1) is 0 Å². The van der Waals surface area contributed by atoms with E-state index in [1.807, 2.05) is 0 Å². The second-order valence-corrected chi connectivity index (χ2v) is 7.22. The number of hydrogen-bond acceptors (Lipinski definition) is 4. The Morgan fingerprint density at radius 2 is 1.90 bits per heavy atom. The molecule has 1 aromatic rings. The van der Waals surface area contributed by atoms with Gasteiger partial charge in [0.25, 0.3) is 0 Å². The van der Waals surface area contributed by atoms with Gasteiger partial charge in [-0.05, 0) is 18.1 Å². The number of carbonyl (C=O) groups is 1. The van der Waals surface area contributed by atoms with Gasteiger partial charge >= 0.3 is 5.97 Å². The van der Waals surface area contributed by atoms with Crippen LogP contribution in [0.15, 0.2) is 17.0 Å². The standard InChI is InChI=1S/C12H15Cl2NO5S/c1-6(2)9(5-16)15-21(19,20)10-4-7(13)3-8(11(10)14)12(17)18/h3-4,6,9,15-16H,5H2,1-2H3,(H,17,18). The van der Waals surface area contributed by atoms with Crippen molar-refractivity contribution in [3.63, 3.8) is 0 Å². The first-order valence-electron chi connectivity index (χ1n) is 5.95. The van der Waals surface area contributed by atoms with Crippen LogP contribution in [0.4, 0.5) is 0 Å². The molecule has 0 saturated heterocycles. The zero-order valence-corrected chi connectivity index (χ0v) is 13.6. The number of carboxylic acid groups (broad SMARTS) is 1. The summed E-state index contributed by atoms with van der Waals surface area (Å²) in [6, 6.07) is 1.41. The zero-order chi connectivity index (χ0) is 16.4. The number of halogens is 2. The molecule has 0 aliphatic rings. The van der Waals surface area contributed by atoms with Crippen LogP contribution in [0.25, 0.3) is 0 Å². The maximum atomic E-state index is 12.3. The maximum absolute atomic E-state index is 12.3. The molecule has 21 heavy (non-hydrogen) atoms. The van der Waals surface area contributed by atoms with E-state index in [1.54, 1.807) is 13.8 Å². The SMILES string of the molecule is CC(C)C(CO)NS(=O)(=O)c1cc(Cl)cc(C(=O)O)c1Cl. The smallest absolute Gasteiger partial charge is 0.337 e. The number of hydrogen-bond donors (Lipinski definition) is 3. The summed E-state index contributed by atoms with van der Waals surface area (Å²) in [6.45, 7) is 3.05. The molecule has 0 bridgehead atoms. The Bertz CT molecular complexity index is 645. The molecule has 0 aliphatic carbocycles. The second-order valence-electron chi connectivity index (χ2n) is 4.72. The molecule has 118 valence electrons. The van der Waals surface area contributed by atoms with Gasteiger partial charge in [-0.2, -0.15) is 0 Å². The highest BCUT2D eigenvalue weighted by Crippen LogP contribution is 2.29. The van der Waals surface area contributed by atoms with Gasteiger partial charge in [-0.1, -0.05) is 37.0 Å². The average molecular weight is 356 g/mol. The average Bonchev–Trinajstić information content (AvgIpc) is 2.37. The van der Waals surface area contributed by atoms with E-state index >= 15 is 0 Å². The summed E-state index contributed by atoms with van der Waals surface area (Å²) in [7, 11) is -4.12. The highest BCUT2D eigenvalue weighted by Gasteiger charge is 2.27. The molecule has 0 heterocycles. The number of nitrogens with one attached hydrogen (secondary N) is 1. The lowest BCUT2D eigenvalue weighted by Gasteiger charge is -2.20. The molecular weight excluding hydrogens is 341 g/mol. The lowest BCUT2D eigenvalue weighted by atomic mass is 10.1. The van der Waals surface area contributed by atoms with E-state index in [0.717, 1.165) is 12.1 Å². The number of carboxylic acids is 1. The van der Waals surface area contributed by atoms with E-state index < -0.39 is 44.1 Å². The first-order valence-corrected chi connectivity index (χ1v) is 8.19. The van der Waals surface area contributed by atoms with E-state index in [1.165, 1.54) is 0 Å². The van der Waals surface area contributed by atoms with Crippen molar-refractivity contribution in [1.29, 1.82) is 0 Å².